The van der Waals surface area contributed by atoms with Crippen LogP contribution in [0.4, 0.5) is 0 Å². The molecule has 0 amide bonds. The van der Waals surface area contributed by atoms with Gasteiger partial charge in [0.15, 0.2) is 5.96 Å². The number of guanidine groups is 1. The summed E-state index contributed by atoms with van der Waals surface area (Å²) in [6.07, 6.45) is 6.96. The summed E-state index contributed by atoms with van der Waals surface area (Å²) in [7, 11) is 0. The molecule has 0 bridgehead atoms. The number of nitrogens with one attached hydrogen (secondary N) is 2. The van der Waals surface area contributed by atoms with Crippen LogP contribution in [-0.2, 0) is 9.59 Å². The van der Waals surface area contributed by atoms with Gasteiger partial charge >= 0.3 is 29.8 Å². The molecular weight excluding hydrogens is 468 g/mol. The van der Waals surface area contributed by atoms with Crippen molar-refractivity contribution in [3.63, 3.8) is 0 Å². The molecule has 35 heavy (non-hydrogen) atoms. The fourth-order valence-corrected chi connectivity index (χ4v) is 1.96. The van der Waals surface area contributed by atoms with Gasteiger partial charge in [-0.1, -0.05) is 18.2 Å². The number of hydrogen-bond acceptors (Lipinski definition) is 7. The molecule has 1 aromatic carbocycles. The summed E-state index contributed by atoms with van der Waals surface area (Å²) in [5.74, 6) is -6.23. The van der Waals surface area contributed by atoms with E-state index in [9.17, 15) is 24.0 Å². The van der Waals surface area contributed by atoms with Gasteiger partial charge < -0.3 is 42.3 Å². The highest BCUT2D eigenvalue weighted by molar-refractivity contribution is 6.03. The zero-order valence-electron chi connectivity index (χ0n) is 18.7. The van der Waals surface area contributed by atoms with Crippen LogP contribution in [0.25, 0.3) is 0 Å². The third kappa shape index (κ3) is 16.6. The van der Waals surface area contributed by atoms with Crippen molar-refractivity contribution in [1.29, 1.82) is 5.41 Å². The van der Waals surface area contributed by atoms with E-state index >= 15 is 0 Å². The van der Waals surface area contributed by atoms with Crippen LogP contribution in [0.15, 0.2) is 42.5 Å². The molecule has 0 spiro atoms. The number of aliphatic carboxylic acids is 2. The second kappa shape index (κ2) is 17.8. The number of carboxylic acids is 5. The highest BCUT2D eigenvalue weighted by atomic mass is 16.4. The Balaban J connectivity index is 0. The summed E-state index contributed by atoms with van der Waals surface area (Å²) in [6, 6.07) is 1.99. The maximum absolute atomic E-state index is 10.6. The van der Waals surface area contributed by atoms with E-state index in [1.54, 1.807) is 12.2 Å². The zero-order chi connectivity index (χ0) is 27.6. The predicted molar refractivity (Wildman–Crippen MR) is 124 cm³/mol. The number of carbonyl (C=O) groups is 5. The lowest BCUT2D eigenvalue weighted by Crippen LogP contribution is -2.34. The standard InChI is InChI=1S/C9H6O6.C6H14N4O2.C6H8O2/c10-7(11)4-1-2-5(8(12)13)6(3-4)9(14)15;7-4(5(11)12)2-1-3-10-6(8)9;1-2-3-4-5-6(7)8/h1-3H,(H,10,11)(H,12,13)(H,14,15);4H,1-3,7H2,(H,11,12)(H4,8,9,10);2-5H,1H3,(H,7,8)/b;;3-2+,5-4+. The van der Waals surface area contributed by atoms with Crippen LogP contribution in [0.5, 0.6) is 0 Å². The van der Waals surface area contributed by atoms with E-state index < -0.39 is 47.0 Å². The third-order valence-electron chi connectivity index (χ3n) is 3.59. The molecule has 1 atom stereocenters. The Bertz CT molecular complexity index is 973. The van der Waals surface area contributed by atoms with Crippen molar-refractivity contribution in [2.24, 2.45) is 11.5 Å². The van der Waals surface area contributed by atoms with Crippen molar-refractivity contribution in [2.75, 3.05) is 6.54 Å². The van der Waals surface area contributed by atoms with Gasteiger partial charge in [0, 0.05) is 12.6 Å². The van der Waals surface area contributed by atoms with Crippen LogP contribution in [-0.4, -0.2) is 73.9 Å². The van der Waals surface area contributed by atoms with Crippen LogP contribution >= 0.6 is 0 Å². The van der Waals surface area contributed by atoms with E-state index in [1.807, 2.05) is 6.92 Å². The van der Waals surface area contributed by atoms with Gasteiger partial charge in [0.25, 0.3) is 0 Å². The smallest absolute Gasteiger partial charge is 0.336 e. The second-order valence-electron chi connectivity index (χ2n) is 6.33. The first-order valence-corrected chi connectivity index (χ1v) is 9.67. The molecule has 1 aromatic rings. The van der Waals surface area contributed by atoms with Crippen LogP contribution in [0.3, 0.4) is 0 Å². The van der Waals surface area contributed by atoms with Gasteiger partial charge in [0.05, 0.1) is 16.7 Å². The van der Waals surface area contributed by atoms with Crippen LogP contribution in [0, 0.1) is 5.41 Å². The topological polar surface area (TPSA) is 274 Å². The quantitative estimate of drug-likeness (QED) is 0.0708. The molecule has 14 heteroatoms. The van der Waals surface area contributed by atoms with Crippen LogP contribution in [0.1, 0.15) is 50.8 Å². The number of hydrogen-bond donors (Lipinski definition) is 9. The molecule has 0 aliphatic rings. The fourth-order valence-electron chi connectivity index (χ4n) is 1.96. The van der Waals surface area contributed by atoms with E-state index in [4.69, 9.17) is 42.4 Å². The number of rotatable bonds is 10. The molecule has 0 heterocycles. The molecule has 0 saturated heterocycles. The number of aromatic carboxylic acids is 3. The largest absolute Gasteiger partial charge is 0.480 e. The van der Waals surface area contributed by atoms with E-state index in [-0.39, 0.29) is 11.5 Å². The Morgan fingerprint density at radius 1 is 0.971 bits per heavy atom. The third-order valence-corrected chi connectivity index (χ3v) is 3.59. The van der Waals surface area contributed by atoms with Crippen molar-refractivity contribution < 1.29 is 49.5 Å². The SMILES string of the molecule is C/C=C/C=C/C(=O)O.N=C(N)NCCCC(N)C(=O)O.O=C(O)c1ccc(C(=O)O)c(C(=O)O)c1. The van der Waals surface area contributed by atoms with Crippen molar-refractivity contribution in [3.05, 3.63) is 59.2 Å². The van der Waals surface area contributed by atoms with E-state index in [1.165, 1.54) is 6.08 Å². The van der Waals surface area contributed by atoms with Gasteiger partial charge in [0.1, 0.15) is 6.04 Å². The first kappa shape index (κ1) is 32.5. The van der Waals surface area contributed by atoms with Crippen molar-refractivity contribution in [1.82, 2.24) is 5.32 Å². The maximum atomic E-state index is 10.6. The Morgan fingerprint density at radius 2 is 1.54 bits per heavy atom. The molecule has 192 valence electrons. The van der Waals surface area contributed by atoms with Gasteiger partial charge in [-0.05, 0) is 38.0 Å². The highest BCUT2D eigenvalue weighted by Gasteiger charge is 2.18. The molecule has 0 radical (unpaired) electrons. The molecule has 1 rings (SSSR count). The molecular formula is C21H28N4O10. The lowest BCUT2D eigenvalue weighted by molar-refractivity contribution is -0.138. The van der Waals surface area contributed by atoms with Crippen molar-refractivity contribution in [2.45, 2.75) is 25.8 Å². The summed E-state index contributed by atoms with van der Waals surface area (Å²) in [6.45, 7) is 2.31. The highest BCUT2D eigenvalue weighted by Crippen LogP contribution is 2.12. The molecule has 1 unspecified atom stereocenters. The summed E-state index contributed by atoms with van der Waals surface area (Å²) >= 11 is 0. The minimum absolute atomic E-state index is 0.112. The molecule has 0 aromatic heterocycles. The molecule has 0 fully saturated rings. The monoisotopic (exact) mass is 496 g/mol. The van der Waals surface area contributed by atoms with E-state index in [0.29, 0.717) is 19.4 Å². The van der Waals surface area contributed by atoms with Crippen molar-refractivity contribution >= 4 is 35.8 Å². The fraction of sp³-hybridized carbons (Fsp3) is 0.238. The lowest BCUT2D eigenvalue weighted by Gasteiger charge is -2.06. The van der Waals surface area contributed by atoms with Crippen molar-refractivity contribution in [3.8, 4) is 0 Å². The number of nitrogens with two attached hydrogens (primary N) is 2. The minimum atomic E-state index is -1.48. The Kier molecular flexibility index (Phi) is 16.5. The minimum Gasteiger partial charge on any atom is -0.480 e. The Morgan fingerprint density at radius 3 is 1.94 bits per heavy atom. The van der Waals surface area contributed by atoms with E-state index in [0.717, 1.165) is 24.3 Å². The average molecular weight is 496 g/mol. The average Bonchev–Trinajstić information content (AvgIpc) is 2.76. The van der Waals surface area contributed by atoms with Crippen LogP contribution in [0.2, 0.25) is 0 Å². The normalized spacial score (nSPS) is 10.8. The van der Waals surface area contributed by atoms with Gasteiger partial charge in [-0.15, -0.1) is 0 Å². The zero-order valence-corrected chi connectivity index (χ0v) is 18.7. The summed E-state index contributed by atoms with van der Waals surface area (Å²) in [5.41, 5.74) is 8.97. The number of allylic oxidation sites excluding steroid dienone is 3. The molecule has 14 nitrogen and oxygen atoms in total. The maximum Gasteiger partial charge on any atom is 0.336 e. The summed E-state index contributed by atoms with van der Waals surface area (Å²) in [4.78, 5) is 51.7. The van der Waals surface area contributed by atoms with Gasteiger partial charge in [-0.3, -0.25) is 10.2 Å². The molecule has 11 N–H and O–H groups in total. The van der Waals surface area contributed by atoms with Gasteiger partial charge in [-0.25, -0.2) is 19.2 Å². The summed E-state index contributed by atoms with van der Waals surface area (Å²) < 4.78 is 0. The first-order chi connectivity index (χ1) is 16.2. The first-order valence-electron chi connectivity index (χ1n) is 9.67. The van der Waals surface area contributed by atoms with Crippen LogP contribution < -0.4 is 16.8 Å². The van der Waals surface area contributed by atoms with Gasteiger partial charge in [-0.2, -0.15) is 0 Å². The Hall–Kier alpha value is -4.72. The van der Waals surface area contributed by atoms with Gasteiger partial charge in [0.2, 0.25) is 0 Å². The molecule has 0 aliphatic heterocycles. The Labute approximate surface area is 199 Å². The lowest BCUT2D eigenvalue weighted by atomic mass is 10.0. The summed E-state index contributed by atoms with van der Waals surface area (Å²) in [5, 5.41) is 51.6. The van der Waals surface area contributed by atoms with E-state index in [2.05, 4.69) is 5.32 Å². The second-order valence-corrected chi connectivity index (χ2v) is 6.33. The number of benzene rings is 1. The number of carboxylic acid groups (broad SMARTS) is 5. The predicted octanol–water partition coefficient (Wildman–Crippen LogP) is 0.646. The molecule has 0 saturated carbocycles. The molecule has 0 aliphatic carbocycles.